The van der Waals surface area contributed by atoms with Crippen molar-refractivity contribution in [1.82, 2.24) is 5.32 Å². The molecule has 1 aromatic rings. The van der Waals surface area contributed by atoms with Crippen molar-refractivity contribution in [3.63, 3.8) is 0 Å². The van der Waals surface area contributed by atoms with Crippen LogP contribution in [-0.4, -0.2) is 48.8 Å². The molecule has 1 heterocycles. The number of Topliss-reactive ketones (excluding diaryl/α,β-unsaturated/α-hetero) is 1. The predicted octanol–water partition coefficient (Wildman–Crippen LogP) is 3.41. The van der Waals surface area contributed by atoms with Crippen LogP contribution in [0.2, 0.25) is 0 Å². The Balaban J connectivity index is 1.86. The Kier molecular flexibility index (Phi) is 9.46. The molecule has 30 heavy (non-hydrogen) atoms. The molecule has 2 rings (SSSR count). The summed E-state index contributed by atoms with van der Waals surface area (Å²) in [4.78, 5) is 36.5. The van der Waals surface area contributed by atoms with Gasteiger partial charge in [0.2, 0.25) is 0 Å². The average molecular weight is 420 g/mol. The van der Waals surface area contributed by atoms with Gasteiger partial charge in [-0.15, -0.1) is 0 Å². The van der Waals surface area contributed by atoms with Crippen LogP contribution < -0.4 is 5.32 Å². The van der Waals surface area contributed by atoms with Crippen molar-refractivity contribution in [2.75, 3.05) is 13.2 Å². The van der Waals surface area contributed by atoms with Gasteiger partial charge in [-0.1, -0.05) is 18.2 Å². The summed E-state index contributed by atoms with van der Waals surface area (Å²) in [5.41, 5.74) is -0.0585. The Hall–Kier alpha value is -2.25. The highest BCUT2D eigenvalue weighted by Crippen LogP contribution is 2.19. The number of benzene rings is 1. The normalized spacial score (nSPS) is 17.8. The molecule has 1 amide bonds. The molecular weight excluding hydrogens is 386 g/mol. The Morgan fingerprint density at radius 3 is 2.53 bits per heavy atom. The Bertz CT molecular complexity index is 691. The topological polar surface area (TPSA) is 90.9 Å². The van der Waals surface area contributed by atoms with Crippen LogP contribution in [0.1, 0.15) is 69.7 Å². The number of nitrogens with one attached hydrogen (secondary N) is 1. The SMILES string of the molecule is CC(C)(C)OC(=O)CC(=O)C[C@@H](CCNC(=O)c1ccccc1)OC1CCCCO1. The van der Waals surface area contributed by atoms with E-state index in [0.717, 1.165) is 19.3 Å². The molecule has 0 saturated carbocycles. The molecule has 1 aromatic carbocycles. The fourth-order valence-corrected chi connectivity index (χ4v) is 3.15. The zero-order valence-electron chi connectivity index (χ0n) is 18.1. The van der Waals surface area contributed by atoms with Crippen molar-refractivity contribution in [2.24, 2.45) is 0 Å². The number of ether oxygens (including phenoxy) is 3. The first kappa shape index (κ1) is 24.0. The largest absolute Gasteiger partial charge is 0.460 e. The van der Waals surface area contributed by atoms with E-state index in [0.29, 0.717) is 25.1 Å². The number of carbonyl (C=O) groups excluding carboxylic acids is 3. The standard InChI is InChI=1S/C23H33NO6/c1-23(2,3)30-20(26)16-18(25)15-19(29-21-11-7-8-14-28-21)12-13-24-22(27)17-9-5-4-6-10-17/h4-6,9-10,19,21H,7-8,11-16H2,1-3H3,(H,24,27)/t19-,21?/m1/s1. The van der Waals surface area contributed by atoms with Crippen LogP contribution >= 0.6 is 0 Å². The molecule has 1 fully saturated rings. The van der Waals surface area contributed by atoms with Crippen LogP contribution in [0.25, 0.3) is 0 Å². The molecule has 1 aliphatic heterocycles. The van der Waals surface area contributed by atoms with E-state index in [4.69, 9.17) is 14.2 Å². The third-order valence-electron chi connectivity index (χ3n) is 4.49. The van der Waals surface area contributed by atoms with Gasteiger partial charge in [-0.3, -0.25) is 14.4 Å². The minimum atomic E-state index is -0.634. The summed E-state index contributed by atoms with van der Waals surface area (Å²) in [7, 11) is 0. The number of ketones is 1. The second kappa shape index (κ2) is 11.8. The van der Waals surface area contributed by atoms with Crippen molar-refractivity contribution in [3.8, 4) is 0 Å². The van der Waals surface area contributed by atoms with Crippen molar-refractivity contribution < 1.29 is 28.6 Å². The number of rotatable bonds is 10. The highest BCUT2D eigenvalue weighted by atomic mass is 16.7. The van der Waals surface area contributed by atoms with E-state index < -0.39 is 17.7 Å². The molecule has 1 N–H and O–H groups in total. The van der Waals surface area contributed by atoms with E-state index in [1.54, 1.807) is 45.0 Å². The Morgan fingerprint density at radius 1 is 1.17 bits per heavy atom. The first-order valence-electron chi connectivity index (χ1n) is 10.6. The minimum absolute atomic E-state index is 0.0698. The first-order valence-corrected chi connectivity index (χ1v) is 10.6. The van der Waals surface area contributed by atoms with Gasteiger partial charge in [-0.05, 0) is 58.6 Å². The fraction of sp³-hybridized carbons (Fsp3) is 0.609. The van der Waals surface area contributed by atoms with Crippen LogP contribution in [0.4, 0.5) is 0 Å². The number of hydrogen-bond acceptors (Lipinski definition) is 6. The van der Waals surface area contributed by atoms with E-state index >= 15 is 0 Å². The molecule has 1 aliphatic rings. The molecular formula is C23H33NO6. The van der Waals surface area contributed by atoms with Gasteiger partial charge < -0.3 is 19.5 Å². The smallest absolute Gasteiger partial charge is 0.313 e. The summed E-state index contributed by atoms with van der Waals surface area (Å²) < 4.78 is 16.8. The summed E-state index contributed by atoms with van der Waals surface area (Å²) in [6, 6.07) is 8.93. The van der Waals surface area contributed by atoms with Gasteiger partial charge in [0.25, 0.3) is 5.91 Å². The van der Waals surface area contributed by atoms with Crippen molar-refractivity contribution in [3.05, 3.63) is 35.9 Å². The summed E-state index contributed by atoms with van der Waals surface area (Å²) in [6.07, 6.45) is 2.19. The Labute approximate surface area is 178 Å². The van der Waals surface area contributed by atoms with Crippen LogP contribution in [-0.2, 0) is 23.8 Å². The number of esters is 1. The van der Waals surface area contributed by atoms with E-state index in [2.05, 4.69) is 5.32 Å². The zero-order chi connectivity index (χ0) is 22.0. The van der Waals surface area contributed by atoms with Crippen molar-refractivity contribution in [1.29, 1.82) is 0 Å². The van der Waals surface area contributed by atoms with Gasteiger partial charge in [-0.2, -0.15) is 0 Å². The summed E-state index contributed by atoms with van der Waals surface area (Å²) in [5, 5.41) is 2.85. The lowest BCUT2D eigenvalue weighted by Gasteiger charge is -2.27. The third-order valence-corrected chi connectivity index (χ3v) is 4.49. The van der Waals surface area contributed by atoms with Gasteiger partial charge >= 0.3 is 5.97 Å². The number of carbonyl (C=O) groups is 3. The summed E-state index contributed by atoms with van der Waals surface area (Å²) in [5.74, 6) is -0.972. The molecule has 2 atom stereocenters. The second-order valence-electron chi connectivity index (χ2n) is 8.47. The molecule has 0 bridgehead atoms. The highest BCUT2D eigenvalue weighted by molar-refractivity contribution is 5.96. The molecule has 1 unspecified atom stereocenters. The number of amides is 1. The third kappa shape index (κ3) is 9.50. The van der Waals surface area contributed by atoms with Gasteiger partial charge in [-0.25, -0.2) is 0 Å². The Morgan fingerprint density at radius 2 is 1.90 bits per heavy atom. The summed E-state index contributed by atoms with van der Waals surface area (Å²) >= 11 is 0. The number of hydrogen-bond donors (Lipinski definition) is 1. The van der Waals surface area contributed by atoms with Crippen LogP contribution in [0.5, 0.6) is 0 Å². The maximum atomic E-state index is 12.4. The van der Waals surface area contributed by atoms with Crippen LogP contribution in [0.15, 0.2) is 30.3 Å². The molecule has 0 aromatic heterocycles. The average Bonchev–Trinajstić information content (AvgIpc) is 2.67. The van der Waals surface area contributed by atoms with Gasteiger partial charge in [0.15, 0.2) is 6.29 Å². The zero-order valence-corrected chi connectivity index (χ0v) is 18.1. The minimum Gasteiger partial charge on any atom is -0.460 e. The van der Waals surface area contributed by atoms with Crippen molar-refractivity contribution in [2.45, 2.75) is 77.3 Å². The van der Waals surface area contributed by atoms with E-state index in [1.807, 2.05) is 6.07 Å². The lowest BCUT2D eigenvalue weighted by Crippen LogP contribution is -2.34. The van der Waals surface area contributed by atoms with E-state index in [-0.39, 0.29) is 30.8 Å². The van der Waals surface area contributed by atoms with E-state index in [9.17, 15) is 14.4 Å². The highest BCUT2D eigenvalue weighted by Gasteiger charge is 2.25. The lowest BCUT2D eigenvalue weighted by molar-refractivity contribution is -0.190. The molecule has 7 nitrogen and oxygen atoms in total. The molecule has 166 valence electrons. The van der Waals surface area contributed by atoms with Gasteiger partial charge in [0, 0.05) is 25.1 Å². The lowest BCUT2D eigenvalue weighted by atomic mass is 10.1. The van der Waals surface area contributed by atoms with Crippen LogP contribution in [0.3, 0.4) is 0 Å². The second-order valence-corrected chi connectivity index (χ2v) is 8.47. The molecule has 0 aliphatic carbocycles. The maximum absolute atomic E-state index is 12.4. The summed E-state index contributed by atoms with van der Waals surface area (Å²) in [6.45, 7) is 6.27. The monoisotopic (exact) mass is 419 g/mol. The van der Waals surface area contributed by atoms with Crippen LogP contribution in [0, 0.1) is 0 Å². The molecule has 7 heteroatoms. The quantitative estimate of drug-likeness (QED) is 0.462. The maximum Gasteiger partial charge on any atom is 0.313 e. The fourth-order valence-electron chi connectivity index (χ4n) is 3.15. The molecule has 1 saturated heterocycles. The van der Waals surface area contributed by atoms with Crippen molar-refractivity contribution >= 4 is 17.7 Å². The molecule has 0 radical (unpaired) electrons. The first-order chi connectivity index (χ1) is 14.2. The molecule has 0 spiro atoms. The van der Waals surface area contributed by atoms with E-state index in [1.165, 1.54) is 0 Å². The van der Waals surface area contributed by atoms with Gasteiger partial charge in [0.05, 0.1) is 6.10 Å². The predicted molar refractivity (Wildman–Crippen MR) is 112 cm³/mol. The van der Waals surface area contributed by atoms with Gasteiger partial charge in [0.1, 0.15) is 17.8 Å².